The minimum absolute atomic E-state index is 0.754. The molecule has 3 aromatic carbocycles. The third kappa shape index (κ3) is 5.02. The number of rotatable bonds is 8. The number of hydrogen-bond acceptors (Lipinski definition) is 1. The zero-order chi connectivity index (χ0) is 30.3. The number of nitrogens with one attached hydrogen (secondary N) is 1. The molecular formula is C38H42BN2O+. The number of nitrogens with zero attached hydrogens (tertiary/aromatic N) is 1. The van der Waals surface area contributed by atoms with Crippen molar-refractivity contribution in [1.29, 1.82) is 0 Å². The zero-order valence-electron chi connectivity index (χ0n) is 26.5. The molecule has 2 radical (unpaired) electrons. The molecule has 42 heavy (non-hydrogen) atoms. The molecule has 0 fully saturated rings. The van der Waals surface area contributed by atoms with Crippen molar-refractivity contribution < 1.29 is 9.28 Å². The normalized spacial score (nSPS) is 14.9. The van der Waals surface area contributed by atoms with Gasteiger partial charge in [-0.1, -0.05) is 67.4 Å². The van der Waals surface area contributed by atoms with Gasteiger partial charge < -0.3 is 4.98 Å². The summed E-state index contributed by atoms with van der Waals surface area (Å²) in [7, 11) is 6.90. The van der Waals surface area contributed by atoms with Gasteiger partial charge in [-0.05, 0) is 105 Å². The molecule has 0 unspecified atom stereocenters. The van der Waals surface area contributed by atoms with Gasteiger partial charge >= 0.3 is 7.98 Å². The molecule has 0 saturated heterocycles. The second-order valence-corrected chi connectivity index (χ2v) is 12.0. The fraction of sp³-hybridized carbons (Fsp3) is 0.316. The second kappa shape index (κ2) is 11.8. The van der Waals surface area contributed by atoms with Gasteiger partial charge in [-0.15, -0.1) is 0 Å². The number of fused-ring (bicyclic) bond motifs is 1. The Bertz CT molecular complexity index is 1800. The highest BCUT2D eigenvalue weighted by Gasteiger charge is 2.34. The maximum atomic E-state index is 11.9. The maximum absolute atomic E-state index is 11.9. The minimum Gasteiger partial charge on any atom is -0.358 e. The summed E-state index contributed by atoms with van der Waals surface area (Å²) < 4.78 is 1.92. The maximum Gasteiger partial charge on any atom is 0.587 e. The standard InChI is InChI=1S/C38H42BN2O/c1-9-12-33-26(6)38(41(39)28(33)8)36(34-23(3)19-22(2)20-24(34)4)37-25(5)32(27(7)40-37)18-17-30-15-10-13-29-14-11-16-31(21-42)35(29)30/h10-11,13-16,19-21,40H,9,12,17-18H2,1-8H3/q+1. The van der Waals surface area contributed by atoms with E-state index < -0.39 is 0 Å². The summed E-state index contributed by atoms with van der Waals surface area (Å²) in [5.74, 6) is 0. The molecular weight excluding hydrogens is 511 g/mol. The average Bonchev–Trinajstić information content (AvgIpc) is 3.35. The van der Waals surface area contributed by atoms with Crippen LogP contribution in [0.25, 0.3) is 16.3 Å². The number of allylic oxidation sites excluding steroid dienone is 2. The van der Waals surface area contributed by atoms with E-state index in [9.17, 15) is 4.79 Å². The molecule has 4 heteroatoms. The third-order valence-electron chi connectivity index (χ3n) is 9.15. The molecule has 1 aliphatic rings. The predicted molar refractivity (Wildman–Crippen MR) is 178 cm³/mol. The molecule has 0 spiro atoms. The largest absolute Gasteiger partial charge is 0.587 e. The van der Waals surface area contributed by atoms with Gasteiger partial charge in [0.2, 0.25) is 0 Å². The second-order valence-electron chi connectivity index (χ2n) is 12.0. The number of benzene rings is 3. The first-order valence-electron chi connectivity index (χ1n) is 15.1. The molecule has 5 rings (SSSR count). The van der Waals surface area contributed by atoms with Crippen LogP contribution in [-0.2, 0) is 12.8 Å². The lowest BCUT2D eigenvalue weighted by atomic mass is 9.86. The van der Waals surface area contributed by atoms with E-state index in [2.05, 4.69) is 96.8 Å². The summed E-state index contributed by atoms with van der Waals surface area (Å²) in [6, 6.07) is 16.8. The zero-order valence-corrected chi connectivity index (χ0v) is 26.5. The summed E-state index contributed by atoms with van der Waals surface area (Å²) in [6.45, 7) is 17.6. The van der Waals surface area contributed by atoms with Crippen molar-refractivity contribution in [2.75, 3.05) is 0 Å². The lowest BCUT2D eigenvalue weighted by Gasteiger charge is -2.17. The Kier molecular flexibility index (Phi) is 8.28. The lowest BCUT2D eigenvalue weighted by molar-refractivity contribution is -0.302. The lowest BCUT2D eigenvalue weighted by Crippen LogP contribution is -2.14. The number of hydrogen-bond donors (Lipinski definition) is 1. The van der Waals surface area contributed by atoms with Gasteiger partial charge in [-0.3, -0.25) is 9.28 Å². The van der Waals surface area contributed by atoms with E-state index in [1.54, 1.807) is 0 Å². The first kappa shape index (κ1) is 29.6. The summed E-state index contributed by atoms with van der Waals surface area (Å²) in [6.07, 6.45) is 4.79. The van der Waals surface area contributed by atoms with E-state index in [1.807, 2.05) is 16.6 Å². The topological polar surface area (TPSA) is 35.9 Å². The van der Waals surface area contributed by atoms with Crippen LogP contribution >= 0.6 is 0 Å². The van der Waals surface area contributed by atoms with Gasteiger partial charge in [0.1, 0.15) is 0 Å². The average molecular weight is 554 g/mol. The number of H-pyrrole nitrogens is 1. The van der Waals surface area contributed by atoms with E-state index >= 15 is 0 Å². The van der Waals surface area contributed by atoms with Crippen LogP contribution < -0.4 is 0 Å². The Morgan fingerprint density at radius 2 is 1.57 bits per heavy atom. The van der Waals surface area contributed by atoms with Crippen LogP contribution in [0.1, 0.15) is 94.3 Å². The van der Waals surface area contributed by atoms with Crippen LogP contribution in [0.2, 0.25) is 0 Å². The highest BCUT2D eigenvalue weighted by atomic mass is 16.1. The van der Waals surface area contributed by atoms with Crippen molar-refractivity contribution in [1.82, 2.24) is 4.98 Å². The van der Waals surface area contributed by atoms with E-state index in [0.717, 1.165) is 65.4 Å². The van der Waals surface area contributed by atoms with Gasteiger partial charge in [-0.25, -0.2) is 0 Å². The highest BCUT2D eigenvalue weighted by Crippen LogP contribution is 2.41. The van der Waals surface area contributed by atoms with E-state index in [-0.39, 0.29) is 0 Å². The first-order valence-corrected chi connectivity index (χ1v) is 15.1. The molecule has 0 saturated carbocycles. The van der Waals surface area contributed by atoms with Gasteiger partial charge in [0.15, 0.2) is 17.7 Å². The highest BCUT2D eigenvalue weighted by molar-refractivity contribution is 6.10. The molecule has 0 amide bonds. The molecule has 1 aromatic heterocycles. The van der Waals surface area contributed by atoms with E-state index in [0.29, 0.717) is 0 Å². The number of aromatic nitrogens is 1. The quantitative estimate of drug-likeness (QED) is 0.172. The van der Waals surface area contributed by atoms with Crippen LogP contribution in [0.15, 0.2) is 65.4 Å². The molecule has 4 aromatic rings. The molecule has 0 aliphatic carbocycles. The monoisotopic (exact) mass is 553 g/mol. The number of carbonyl (C=O) groups is 1. The Morgan fingerprint density at radius 3 is 2.21 bits per heavy atom. The number of aldehydes is 1. The van der Waals surface area contributed by atoms with E-state index in [1.165, 1.54) is 61.4 Å². The van der Waals surface area contributed by atoms with Gasteiger partial charge in [0.05, 0.1) is 11.3 Å². The van der Waals surface area contributed by atoms with Gasteiger partial charge in [0, 0.05) is 29.3 Å². The van der Waals surface area contributed by atoms with Crippen LogP contribution in [0, 0.1) is 34.6 Å². The molecule has 0 bridgehead atoms. The van der Waals surface area contributed by atoms with Crippen molar-refractivity contribution in [3.8, 4) is 0 Å². The molecule has 2 heterocycles. The van der Waals surface area contributed by atoms with Crippen molar-refractivity contribution in [2.24, 2.45) is 0 Å². The SMILES string of the molecule is [B][N+]1=C(C)C(CCC)=C(C)/C1=C(/c1[nH]c(C)c(CCc2cccc3cccc(C=O)c23)c1C)c1c(C)cc(C)cc1C. The molecule has 3 nitrogen and oxygen atoms in total. The molecule has 1 N–H and O–H groups in total. The third-order valence-corrected chi connectivity index (χ3v) is 9.15. The predicted octanol–water partition coefficient (Wildman–Crippen LogP) is 8.75. The number of aromatic amines is 1. The summed E-state index contributed by atoms with van der Waals surface area (Å²) in [4.78, 5) is 15.7. The van der Waals surface area contributed by atoms with Crippen LogP contribution in [0.5, 0.6) is 0 Å². The van der Waals surface area contributed by atoms with Crippen LogP contribution in [-0.4, -0.2) is 29.4 Å². The molecule has 212 valence electrons. The fourth-order valence-electron chi connectivity index (χ4n) is 7.20. The number of aryl methyl sites for hydroxylation is 5. The van der Waals surface area contributed by atoms with Crippen molar-refractivity contribution in [2.45, 2.75) is 81.1 Å². The van der Waals surface area contributed by atoms with Gasteiger partial charge in [-0.2, -0.15) is 0 Å². The van der Waals surface area contributed by atoms with Crippen molar-refractivity contribution in [3.05, 3.63) is 121 Å². The summed E-state index contributed by atoms with van der Waals surface area (Å²) >= 11 is 0. The smallest absolute Gasteiger partial charge is 0.358 e. The van der Waals surface area contributed by atoms with Crippen molar-refractivity contribution >= 4 is 36.3 Å². The van der Waals surface area contributed by atoms with Crippen LogP contribution in [0.3, 0.4) is 0 Å². The Morgan fingerprint density at radius 1 is 0.905 bits per heavy atom. The van der Waals surface area contributed by atoms with Crippen LogP contribution in [0.4, 0.5) is 0 Å². The number of carbonyl (C=O) groups excluding carboxylic acids is 1. The van der Waals surface area contributed by atoms with Gasteiger partial charge in [0.25, 0.3) is 0 Å². The van der Waals surface area contributed by atoms with Crippen molar-refractivity contribution in [3.63, 3.8) is 0 Å². The Hall–Kier alpha value is -3.92. The Balaban J connectivity index is 1.69. The fourth-order valence-corrected chi connectivity index (χ4v) is 7.20. The first-order chi connectivity index (χ1) is 20.1. The summed E-state index contributed by atoms with van der Waals surface area (Å²) in [5.41, 5.74) is 17.9. The molecule has 1 aliphatic heterocycles. The Labute approximate surface area is 252 Å². The van der Waals surface area contributed by atoms with E-state index in [4.69, 9.17) is 7.98 Å². The summed E-state index contributed by atoms with van der Waals surface area (Å²) in [5, 5.41) is 2.17. The molecule has 0 atom stereocenters. The minimum atomic E-state index is 0.754.